The minimum atomic E-state index is -4.09. The molecule has 2 aromatic rings. The zero-order chi connectivity index (χ0) is 16.3. The van der Waals surface area contributed by atoms with E-state index in [1.54, 1.807) is 0 Å². The fourth-order valence-corrected chi connectivity index (χ4v) is 2.74. The van der Waals surface area contributed by atoms with E-state index in [-0.39, 0.29) is 16.3 Å². The lowest BCUT2D eigenvalue weighted by Gasteiger charge is -2.08. The minimum absolute atomic E-state index is 0.189. The predicted molar refractivity (Wildman–Crippen MR) is 77.0 cm³/mol. The molecule has 2 aromatic carbocycles. The van der Waals surface area contributed by atoms with Crippen LogP contribution in [0.4, 0.5) is 17.1 Å². The first-order valence-corrected chi connectivity index (χ1v) is 7.30. The summed E-state index contributed by atoms with van der Waals surface area (Å²) in [5.74, 6) is 0. The molecule has 0 unspecified atom stereocenters. The van der Waals surface area contributed by atoms with E-state index in [9.17, 15) is 28.6 Å². The third-order valence-electron chi connectivity index (χ3n) is 2.70. The highest BCUT2D eigenvalue weighted by atomic mass is 32.2. The zero-order valence-corrected chi connectivity index (χ0v) is 11.7. The largest absolute Gasteiger partial charge is 0.293 e. The Morgan fingerprint density at radius 2 is 1.45 bits per heavy atom. The lowest BCUT2D eigenvalue weighted by molar-refractivity contribution is -0.384. The first-order valence-electron chi connectivity index (χ1n) is 5.82. The van der Waals surface area contributed by atoms with Gasteiger partial charge in [-0.3, -0.25) is 25.0 Å². The van der Waals surface area contributed by atoms with Gasteiger partial charge in [0, 0.05) is 18.2 Å². The minimum Gasteiger partial charge on any atom is -0.273 e. The van der Waals surface area contributed by atoms with Gasteiger partial charge in [-0.25, -0.2) is 8.42 Å². The standard InChI is InChI=1S/C12H9N3O6S/c16-14(17)9-5-7-10(8-6-9)22(20,21)13-11-3-1-2-4-12(11)15(18)19/h1-8,13H. The molecular weight excluding hydrogens is 314 g/mol. The Hall–Kier alpha value is -3.01. The molecule has 0 saturated heterocycles. The second-order valence-corrected chi connectivity index (χ2v) is 5.81. The smallest absolute Gasteiger partial charge is 0.273 e. The number of anilines is 1. The molecule has 0 atom stereocenters. The van der Waals surface area contributed by atoms with Crippen LogP contribution in [0.15, 0.2) is 53.4 Å². The molecule has 10 heteroatoms. The molecule has 0 heterocycles. The molecule has 0 aliphatic carbocycles. The number of nitro benzene ring substituents is 2. The van der Waals surface area contributed by atoms with E-state index in [1.807, 2.05) is 0 Å². The summed E-state index contributed by atoms with van der Waals surface area (Å²) in [5, 5.41) is 21.4. The van der Waals surface area contributed by atoms with Crippen molar-refractivity contribution in [3.05, 3.63) is 68.8 Å². The van der Waals surface area contributed by atoms with Crippen molar-refractivity contribution in [3.63, 3.8) is 0 Å². The first-order chi connectivity index (χ1) is 10.3. The molecule has 0 radical (unpaired) electrons. The van der Waals surface area contributed by atoms with Gasteiger partial charge in [0.25, 0.3) is 21.4 Å². The Kier molecular flexibility index (Phi) is 4.04. The lowest BCUT2D eigenvalue weighted by atomic mass is 10.3. The highest BCUT2D eigenvalue weighted by molar-refractivity contribution is 7.92. The van der Waals surface area contributed by atoms with Crippen LogP contribution >= 0.6 is 0 Å². The highest BCUT2D eigenvalue weighted by Gasteiger charge is 2.21. The number of rotatable bonds is 5. The Labute approximate surface area is 124 Å². The van der Waals surface area contributed by atoms with E-state index in [2.05, 4.69) is 4.72 Å². The van der Waals surface area contributed by atoms with Crippen LogP contribution in [-0.4, -0.2) is 18.3 Å². The summed E-state index contributed by atoms with van der Waals surface area (Å²) >= 11 is 0. The van der Waals surface area contributed by atoms with Crippen LogP contribution in [0, 0.1) is 20.2 Å². The van der Waals surface area contributed by atoms with Gasteiger partial charge in [0.05, 0.1) is 14.7 Å². The second kappa shape index (κ2) is 5.77. The van der Waals surface area contributed by atoms with Crippen molar-refractivity contribution in [2.75, 3.05) is 4.72 Å². The average molecular weight is 323 g/mol. The fraction of sp³-hybridized carbons (Fsp3) is 0. The normalized spacial score (nSPS) is 10.9. The van der Waals surface area contributed by atoms with Crippen LogP contribution in [-0.2, 0) is 10.0 Å². The van der Waals surface area contributed by atoms with Gasteiger partial charge in [0.15, 0.2) is 0 Å². The van der Waals surface area contributed by atoms with Gasteiger partial charge in [-0.2, -0.15) is 0 Å². The van der Waals surface area contributed by atoms with Gasteiger partial charge < -0.3 is 0 Å². The molecule has 0 spiro atoms. The van der Waals surface area contributed by atoms with Crippen LogP contribution < -0.4 is 4.72 Å². The van der Waals surface area contributed by atoms with E-state index in [1.165, 1.54) is 18.2 Å². The number of nitro groups is 2. The molecule has 9 nitrogen and oxygen atoms in total. The molecule has 22 heavy (non-hydrogen) atoms. The number of hydrogen-bond acceptors (Lipinski definition) is 6. The van der Waals surface area contributed by atoms with Crippen LogP contribution in [0.3, 0.4) is 0 Å². The molecule has 2 rings (SSSR count). The van der Waals surface area contributed by atoms with Gasteiger partial charge in [-0.05, 0) is 18.2 Å². The third kappa shape index (κ3) is 3.17. The topological polar surface area (TPSA) is 132 Å². The van der Waals surface area contributed by atoms with Crippen molar-refractivity contribution in [1.29, 1.82) is 0 Å². The fourth-order valence-electron chi connectivity index (χ4n) is 1.67. The Morgan fingerprint density at radius 1 is 0.864 bits per heavy atom. The van der Waals surface area contributed by atoms with Crippen molar-refractivity contribution in [3.8, 4) is 0 Å². The number of nitrogens with zero attached hydrogens (tertiary/aromatic N) is 2. The Balaban J connectivity index is 2.36. The number of benzene rings is 2. The molecule has 0 amide bonds. The van der Waals surface area contributed by atoms with Crippen LogP contribution in [0.25, 0.3) is 0 Å². The first kappa shape index (κ1) is 15.4. The van der Waals surface area contributed by atoms with Crippen molar-refractivity contribution < 1.29 is 18.3 Å². The van der Waals surface area contributed by atoms with Gasteiger partial charge >= 0.3 is 0 Å². The maximum atomic E-state index is 12.2. The summed E-state index contributed by atoms with van der Waals surface area (Å²) < 4.78 is 26.4. The molecule has 0 aromatic heterocycles. The van der Waals surface area contributed by atoms with Crippen molar-refractivity contribution in [2.24, 2.45) is 0 Å². The van der Waals surface area contributed by atoms with Crippen molar-refractivity contribution >= 4 is 27.1 Å². The molecule has 0 fully saturated rings. The monoisotopic (exact) mass is 323 g/mol. The molecular formula is C12H9N3O6S. The Bertz CT molecular complexity index is 832. The molecule has 0 aliphatic rings. The summed E-state index contributed by atoms with van der Waals surface area (Å²) in [6.45, 7) is 0. The summed E-state index contributed by atoms with van der Waals surface area (Å²) in [5.41, 5.74) is -0.844. The van der Waals surface area contributed by atoms with E-state index in [4.69, 9.17) is 0 Å². The van der Waals surface area contributed by atoms with Crippen LogP contribution in [0.2, 0.25) is 0 Å². The number of non-ortho nitro benzene ring substituents is 1. The third-order valence-corrected chi connectivity index (χ3v) is 4.08. The van der Waals surface area contributed by atoms with Gasteiger partial charge in [-0.15, -0.1) is 0 Å². The van der Waals surface area contributed by atoms with E-state index in [0.29, 0.717) is 0 Å². The maximum Gasteiger partial charge on any atom is 0.293 e. The molecule has 0 bridgehead atoms. The quantitative estimate of drug-likeness (QED) is 0.663. The van der Waals surface area contributed by atoms with Crippen LogP contribution in [0.5, 0.6) is 0 Å². The summed E-state index contributed by atoms with van der Waals surface area (Å²) in [6, 6.07) is 9.43. The average Bonchev–Trinajstić information content (AvgIpc) is 2.47. The zero-order valence-electron chi connectivity index (χ0n) is 10.9. The molecule has 0 saturated carbocycles. The lowest BCUT2D eigenvalue weighted by Crippen LogP contribution is -2.14. The van der Waals surface area contributed by atoms with Gasteiger partial charge in [0.1, 0.15) is 5.69 Å². The predicted octanol–water partition coefficient (Wildman–Crippen LogP) is 2.30. The number of sulfonamides is 1. The SMILES string of the molecule is O=[N+]([O-])c1ccc(S(=O)(=O)Nc2ccccc2[N+](=O)[O-])cc1. The number of hydrogen-bond donors (Lipinski definition) is 1. The van der Waals surface area contributed by atoms with Crippen LogP contribution in [0.1, 0.15) is 0 Å². The molecule has 0 aliphatic heterocycles. The van der Waals surface area contributed by atoms with E-state index >= 15 is 0 Å². The van der Waals surface area contributed by atoms with Gasteiger partial charge in [-0.1, -0.05) is 12.1 Å². The molecule has 114 valence electrons. The number of para-hydroxylation sites is 2. The summed E-state index contributed by atoms with van der Waals surface area (Å²) in [6.07, 6.45) is 0. The number of nitrogens with one attached hydrogen (secondary N) is 1. The Morgan fingerprint density at radius 3 is 2.00 bits per heavy atom. The summed E-state index contributed by atoms with van der Waals surface area (Å²) in [4.78, 5) is 19.8. The van der Waals surface area contributed by atoms with Crippen molar-refractivity contribution in [2.45, 2.75) is 4.90 Å². The second-order valence-electron chi connectivity index (χ2n) is 4.13. The van der Waals surface area contributed by atoms with Gasteiger partial charge in [0.2, 0.25) is 0 Å². The summed E-state index contributed by atoms with van der Waals surface area (Å²) in [7, 11) is -4.09. The maximum absolute atomic E-state index is 12.2. The van der Waals surface area contributed by atoms with E-state index in [0.717, 1.165) is 30.3 Å². The van der Waals surface area contributed by atoms with E-state index < -0.39 is 25.6 Å². The molecule has 1 N–H and O–H groups in total. The van der Waals surface area contributed by atoms with Crippen molar-refractivity contribution in [1.82, 2.24) is 0 Å². The highest BCUT2D eigenvalue weighted by Crippen LogP contribution is 2.26.